The van der Waals surface area contributed by atoms with E-state index in [0.29, 0.717) is 16.0 Å². The van der Waals surface area contributed by atoms with Gasteiger partial charge >= 0.3 is 0 Å². The van der Waals surface area contributed by atoms with Crippen LogP contribution in [0.25, 0.3) is 0 Å². The molecule has 0 aliphatic heterocycles. The SMILES string of the molecule is CCCCC(C)c1ccccc1Nc1c(Cl)cccc1Cl. The van der Waals surface area contributed by atoms with Gasteiger partial charge in [-0.2, -0.15) is 0 Å². The van der Waals surface area contributed by atoms with E-state index in [9.17, 15) is 0 Å². The highest BCUT2D eigenvalue weighted by Gasteiger charge is 2.12. The lowest BCUT2D eigenvalue weighted by Gasteiger charge is -2.18. The topological polar surface area (TPSA) is 12.0 Å². The Morgan fingerprint density at radius 3 is 2.33 bits per heavy atom. The average molecular weight is 322 g/mol. The van der Waals surface area contributed by atoms with Crippen molar-refractivity contribution in [2.24, 2.45) is 0 Å². The van der Waals surface area contributed by atoms with E-state index in [2.05, 4.69) is 37.4 Å². The summed E-state index contributed by atoms with van der Waals surface area (Å²) in [7, 11) is 0. The third-order valence-corrected chi connectivity index (χ3v) is 4.33. The highest BCUT2D eigenvalue weighted by atomic mass is 35.5. The van der Waals surface area contributed by atoms with Crippen LogP contribution in [0, 0.1) is 0 Å². The highest BCUT2D eigenvalue weighted by molar-refractivity contribution is 6.39. The molecule has 21 heavy (non-hydrogen) atoms. The summed E-state index contributed by atoms with van der Waals surface area (Å²) in [6, 6.07) is 13.9. The summed E-state index contributed by atoms with van der Waals surface area (Å²) in [4.78, 5) is 0. The molecule has 2 aromatic rings. The Kier molecular flexibility index (Phi) is 5.96. The zero-order valence-corrected chi connectivity index (χ0v) is 14.0. The highest BCUT2D eigenvalue weighted by Crippen LogP contribution is 2.36. The molecule has 0 saturated carbocycles. The molecule has 0 bridgehead atoms. The van der Waals surface area contributed by atoms with Crippen LogP contribution in [0.3, 0.4) is 0 Å². The van der Waals surface area contributed by atoms with Gasteiger partial charge in [0.1, 0.15) is 0 Å². The molecule has 0 spiro atoms. The van der Waals surface area contributed by atoms with Gasteiger partial charge in [-0.25, -0.2) is 0 Å². The fraction of sp³-hybridized carbons (Fsp3) is 0.333. The largest absolute Gasteiger partial charge is 0.353 e. The van der Waals surface area contributed by atoms with Gasteiger partial charge in [0.15, 0.2) is 0 Å². The maximum atomic E-state index is 6.25. The predicted molar refractivity (Wildman–Crippen MR) is 94.1 cm³/mol. The quantitative estimate of drug-likeness (QED) is 0.602. The average Bonchev–Trinajstić information content (AvgIpc) is 2.49. The second-order valence-corrected chi connectivity index (χ2v) is 6.17. The monoisotopic (exact) mass is 321 g/mol. The van der Waals surface area contributed by atoms with Crippen LogP contribution >= 0.6 is 23.2 Å². The van der Waals surface area contributed by atoms with E-state index in [0.717, 1.165) is 11.4 Å². The maximum Gasteiger partial charge on any atom is 0.0762 e. The van der Waals surface area contributed by atoms with Gasteiger partial charge in [0, 0.05) is 5.69 Å². The molecule has 0 aliphatic carbocycles. The van der Waals surface area contributed by atoms with E-state index in [1.807, 2.05) is 24.3 Å². The minimum Gasteiger partial charge on any atom is -0.353 e. The van der Waals surface area contributed by atoms with Gasteiger partial charge in [-0.05, 0) is 36.1 Å². The Morgan fingerprint density at radius 2 is 1.67 bits per heavy atom. The number of nitrogens with one attached hydrogen (secondary N) is 1. The summed E-state index contributed by atoms with van der Waals surface area (Å²) in [6.45, 7) is 4.49. The van der Waals surface area contributed by atoms with Gasteiger partial charge in [-0.1, -0.05) is 74.2 Å². The molecule has 1 nitrogen and oxygen atoms in total. The van der Waals surface area contributed by atoms with Crippen LogP contribution < -0.4 is 5.32 Å². The molecule has 0 amide bonds. The molecule has 0 heterocycles. The first-order valence-electron chi connectivity index (χ1n) is 7.43. The van der Waals surface area contributed by atoms with Crippen LogP contribution in [0.5, 0.6) is 0 Å². The standard InChI is InChI=1S/C18H21Cl2N/c1-3-4-8-13(2)14-9-5-6-12-17(14)21-18-15(19)10-7-11-16(18)20/h5-7,9-13,21H,3-4,8H2,1-2H3. The van der Waals surface area contributed by atoms with Crippen molar-refractivity contribution >= 4 is 34.6 Å². The second kappa shape index (κ2) is 7.72. The number of anilines is 2. The van der Waals surface area contributed by atoms with Crippen molar-refractivity contribution in [3.8, 4) is 0 Å². The van der Waals surface area contributed by atoms with Crippen LogP contribution in [0.15, 0.2) is 42.5 Å². The van der Waals surface area contributed by atoms with E-state index in [1.54, 1.807) is 0 Å². The summed E-state index contributed by atoms with van der Waals surface area (Å²) in [5.74, 6) is 0.509. The number of para-hydroxylation sites is 2. The molecule has 112 valence electrons. The maximum absolute atomic E-state index is 6.25. The molecular weight excluding hydrogens is 301 g/mol. The molecule has 0 radical (unpaired) electrons. The number of benzene rings is 2. The lowest BCUT2D eigenvalue weighted by Crippen LogP contribution is -2.01. The zero-order valence-electron chi connectivity index (χ0n) is 12.5. The minimum atomic E-state index is 0.509. The van der Waals surface area contributed by atoms with Crippen LogP contribution in [-0.4, -0.2) is 0 Å². The van der Waals surface area contributed by atoms with Gasteiger partial charge in [0.25, 0.3) is 0 Å². The first-order valence-corrected chi connectivity index (χ1v) is 8.19. The molecular formula is C18H21Cl2N. The summed E-state index contributed by atoms with van der Waals surface area (Å²) >= 11 is 12.5. The molecule has 2 aromatic carbocycles. The molecule has 0 saturated heterocycles. The predicted octanol–water partition coefficient (Wildman–Crippen LogP) is 7.03. The first-order chi connectivity index (χ1) is 10.1. The number of unbranched alkanes of at least 4 members (excludes halogenated alkanes) is 1. The molecule has 0 aliphatic rings. The van der Waals surface area contributed by atoms with Crippen LogP contribution in [-0.2, 0) is 0 Å². The van der Waals surface area contributed by atoms with Crippen molar-refractivity contribution in [3.63, 3.8) is 0 Å². The Labute approximate surface area is 137 Å². The van der Waals surface area contributed by atoms with E-state index in [-0.39, 0.29) is 0 Å². The summed E-state index contributed by atoms with van der Waals surface area (Å²) < 4.78 is 0. The third kappa shape index (κ3) is 4.15. The van der Waals surface area contributed by atoms with E-state index in [1.165, 1.54) is 24.8 Å². The molecule has 0 aromatic heterocycles. The van der Waals surface area contributed by atoms with Crippen molar-refractivity contribution < 1.29 is 0 Å². The number of halogens is 2. The molecule has 2 rings (SSSR count). The van der Waals surface area contributed by atoms with E-state index >= 15 is 0 Å². The lowest BCUT2D eigenvalue weighted by molar-refractivity contribution is 0.625. The van der Waals surface area contributed by atoms with Crippen LogP contribution in [0.2, 0.25) is 10.0 Å². The minimum absolute atomic E-state index is 0.509. The molecule has 1 unspecified atom stereocenters. The summed E-state index contributed by atoms with van der Waals surface area (Å²) in [5, 5.41) is 4.68. The zero-order chi connectivity index (χ0) is 15.2. The molecule has 1 N–H and O–H groups in total. The third-order valence-electron chi connectivity index (χ3n) is 3.70. The molecule has 0 fully saturated rings. The normalized spacial score (nSPS) is 12.2. The van der Waals surface area contributed by atoms with Crippen molar-refractivity contribution in [1.82, 2.24) is 0 Å². The molecule has 3 heteroatoms. The van der Waals surface area contributed by atoms with Crippen molar-refractivity contribution in [2.45, 2.75) is 39.0 Å². The van der Waals surface area contributed by atoms with E-state index in [4.69, 9.17) is 23.2 Å². The van der Waals surface area contributed by atoms with E-state index < -0.39 is 0 Å². The van der Waals surface area contributed by atoms with Gasteiger partial charge in [-0.15, -0.1) is 0 Å². The van der Waals surface area contributed by atoms with Crippen molar-refractivity contribution in [2.75, 3.05) is 5.32 Å². The van der Waals surface area contributed by atoms with Crippen LogP contribution in [0.4, 0.5) is 11.4 Å². The first kappa shape index (κ1) is 16.2. The summed E-state index contributed by atoms with van der Waals surface area (Å²) in [6.07, 6.45) is 3.64. The van der Waals surface area contributed by atoms with Gasteiger partial charge in [-0.3, -0.25) is 0 Å². The van der Waals surface area contributed by atoms with Crippen LogP contribution in [0.1, 0.15) is 44.6 Å². The fourth-order valence-electron chi connectivity index (χ4n) is 2.46. The Balaban J connectivity index is 2.28. The van der Waals surface area contributed by atoms with Crippen molar-refractivity contribution in [3.05, 3.63) is 58.1 Å². The lowest BCUT2D eigenvalue weighted by atomic mass is 9.94. The van der Waals surface area contributed by atoms with Gasteiger partial charge in [0.2, 0.25) is 0 Å². The smallest absolute Gasteiger partial charge is 0.0762 e. The Hall–Kier alpha value is -1.18. The van der Waals surface area contributed by atoms with Crippen molar-refractivity contribution in [1.29, 1.82) is 0 Å². The number of rotatable bonds is 6. The Morgan fingerprint density at radius 1 is 1.00 bits per heavy atom. The Bertz CT molecular complexity index is 575. The number of hydrogen-bond donors (Lipinski definition) is 1. The van der Waals surface area contributed by atoms with Gasteiger partial charge < -0.3 is 5.32 Å². The second-order valence-electron chi connectivity index (χ2n) is 5.35. The fourth-order valence-corrected chi connectivity index (χ4v) is 2.95. The van der Waals surface area contributed by atoms with Gasteiger partial charge in [0.05, 0.1) is 15.7 Å². The number of hydrogen-bond acceptors (Lipinski definition) is 1. The summed E-state index contributed by atoms with van der Waals surface area (Å²) in [5.41, 5.74) is 3.16. The molecule has 1 atom stereocenters.